The number of H-pyrrole nitrogens is 1. The van der Waals surface area contributed by atoms with Crippen LogP contribution in [0.15, 0.2) is 61.3 Å². The maximum atomic E-state index is 14.1. The number of benzene rings is 3. The van der Waals surface area contributed by atoms with Crippen LogP contribution in [0.4, 0.5) is 28.9 Å². The highest BCUT2D eigenvalue weighted by atomic mass is 19.4. The molecule has 0 amide bonds. The van der Waals surface area contributed by atoms with Crippen molar-refractivity contribution in [2.24, 2.45) is 0 Å². The summed E-state index contributed by atoms with van der Waals surface area (Å²) in [5.74, 6) is 0.255. The Morgan fingerprint density at radius 3 is 2.46 bits per heavy atom. The number of halogens is 4. The van der Waals surface area contributed by atoms with Crippen molar-refractivity contribution in [3.63, 3.8) is 0 Å². The van der Waals surface area contributed by atoms with Gasteiger partial charge in [0.2, 0.25) is 0 Å². The first kappa shape index (κ1) is 27.8. The third-order valence-electron chi connectivity index (χ3n) is 6.41. The molecule has 6 nitrogen and oxygen atoms in total. The SMILES string of the molecule is C=C(c1c[nH]c2c(C)cc(C(F)(F)F)cc12)C(Nc1cc(NCCO)cc(OC)c1)c1ccc(F)cc1OC. The van der Waals surface area contributed by atoms with Crippen molar-refractivity contribution in [2.45, 2.75) is 19.1 Å². The number of anilines is 2. The third-order valence-corrected chi connectivity index (χ3v) is 6.41. The monoisotopic (exact) mass is 543 g/mol. The van der Waals surface area contributed by atoms with Gasteiger partial charge in [-0.3, -0.25) is 0 Å². The van der Waals surface area contributed by atoms with Crippen LogP contribution in [0, 0.1) is 12.7 Å². The molecule has 0 aliphatic heterocycles. The van der Waals surface area contributed by atoms with E-state index in [1.807, 2.05) is 0 Å². The summed E-state index contributed by atoms with van der Waals surface area (Å²) >= 11 is 0. The van der Waals surface area contributed by atoms with Crippen LogP contribution < -0.4 is 20.1 Å². The predicted octanol–water partition coefficient (Wildman–Crippen LogP) is 6.92. The fourth-order valence-corrected chi connectivity index (χ4v) is 4.54. The standard InChI is InChI=1S/C29H29F4N3O3/c1-16-9-18(29(31,32)33)10-24-25(15-35-27(16)24)17(2)28(23-6-5-19(30)11-26(23)39-4)36-21-12-20(34-7-8-37)13-22(14-21)38-3/h5-6,9-15,28,34-37H,2,7-8H2,1,3-4H3. The van der Waals surface area contributed by atoms with Crippen molar-refractivity contribution in [1.82, 2.24) is 4.98 Å². The van der Waals surface area contributed by atoms with E-state index in [1.165, 1.54) is 26.4 Å². The van der Waals surface area contributed by atoms with Crippen molar-refractivity contribution in [2.75, 3.05) is 38.0 Å². The molecule has 1 aromatic heterocycles. The lowest BCUT2D eigenvalue weighted by Gasteiger charge is -2.25. The Balaban J connectivity index is 1.86. The molecule has 3 aromatic carbocycles. The summed E-state index contributed by atoms with van der Waals surface area (Å²) in [4.78, 5) is 3.07. The van der Waals surface area contributed by atoms with Gasteiger partial charge in [-0.15, -0.1) is 0 Å². The minimum atomic E-state index is -4.52. The molecule has 0 fully saturated rings. The largest absolute Gasteiger partial charge is 0.497 e. The molecule has 0 saturated heterocycles. The van der Waals surface area contributed by atoms with Crippen molar-refractivity contribution in [3.05, 3.63) is 89.4 Å². The Bertz CT molecular complexity index is 1500. The molecule has 0 aliphatic carbocycles. The molecule has 0 radical (unpaired) electrons. The minimum Gasteiger partial charge on any atom is -0.497 e. The van der Waals surface area contributed by atoms with Crippen LogP contribution in [-0.2, 0) is 6.18 Å². The van der Waals surface area contributed by atoms with E-state index in [0.29, 0.717) is 56.8 Å². The number of hydrogen-bond acceptors (Lipinski definition) is 5. The van der Waals surface area contributed by atoms with E-state index in [4.69, 9.17) is 9.47 Å². The van der Waals surface area contributed by atoms with Crippen LogP contribution in [-0.4, -0.2) is 37.5 Å². The van der Waals surface area contributed by atoms with Crippen LogP contribution in [0.2, 0.25) is 0 Å². The zero-order chi connectivity index (χ0) is 28.3. The van der Waals surface area contributed by atoms with Gasteiger partial charge in [0.25, 0.3) is 0 Å². The van der Waals surface area contributed by atoms with Crippen LogP contribution in [0.25, 0.3) is 16.5 Å². The van der Waals surface area contributed by atoms with Crippen molar-refractivity contribution in [3.8, 4) is 11.5 Å². The summed E-state index contributed by atoms with van der Waals surface area (Å²) in [6, 6.07) is 10.8. The maximum absolute atomic E-state index is 14.1. The molecule has 1 unspecified atom stereocenters. The summed E-state index contributed by atoms with van der Waals surface area (Å²) < 4.78 is 65.9. The topological polar surface area (TPSA) is 78.5 Å². The van der Waals surface area contributed by atoms with E-state index in [2.05, 4.69) is 22.2 Å². The van der Waals surface area contributed by atoms with Crippen LogP contribution in [0.3, 0.4) is 0 Å². The molecule has 0 saturated carbocycles. The number of nitrogens with one attached hydrogen (secondary N) is 3. The molecular weight excluding hydrogens is 514 g/mol. The zero-order valence-corrected chi connectivity index (χ0v) is 21.7. The van der Waals surface area contributed by atoms with Gasteiger partial charge >= 0.3 is 6.18 Å². The lowest BCUT2D eigenvalue weighted by atomic mass is 9.91. The van der Waals surface area contributed by atoms with E-state index in [-0.39, 0.29) is 12.4 Å². The fourth-order valence-electron chi connectivity index (χ4n) is 4.54. The van der Waals surface area contributed by atoms with E-state index in [1.54, 1.807) is 37.4 Å². The van der Waals surface area contributed by atoms with Gasteiger partial charge in [-0.05, 0) is 48.4 Å². The summed E-state index contributed by atoms with van der Waals surface area (Å²) in [5, 5.41) is 16.0. The molecule has 0 spiro atoms. The number of alkyl halides is 3. The predicted molar refractivity (Wildman–Crippen MR) is 145 cm³/mol. The zero-order valence-electron chi connectivity index (χ0n) is 21.7. The normalized spacial score (nSPS) is 12.3. The number of rotatable bonds is 10. The quantitative estimate of drug-likeness (QED) is 0.163. The van der Waals surface area contributed by atoms with E-state index in [9.17, 15) is 22.7 Å². The molecule has 4 N–H and O–H groups in total. The van der Waals surface area contributed by atoms with E-state index in [0.717, 1.165) is 12.1 Å². The first-order valence-corrected chi connectivity index (χ1v) is 12.1. The molecule has 4 aromatic rings. The molecule has 1 atom stereocenters. The second-order valence-corrected chi connectivity index (χ2v) is 9.01. The minimum absolute atomic E-state index is 0.0773. The average molecular weight is 544 g/mol. The van der Waals surface area contributed by atoms with Crippen molar-refractivity contribution >= 4 is 27.9 Å². The number of aromatic nitrogens is 1. The van der Waals surface area contributed by atoms with Gasteiger partial charge in [0.05, 0.1) is 32.4 Å². The molecule has 39 heavy (non-hydrogen) atoms. The lowest BCUT2D eigenvalue weighted by Crippen LogP contribution is -2.14. The van der Waals surface area contributed by atoms with Gasteiger partial charge in [0.15, 0.2) is 0 Å². The van der Waals surface area contributed by atoms with Gasteiger partial charge in [-0.1, -0.05) is 6.58 Å². The summed E-state index contributed by atoms with van der Waals surface area (Å²) in [5.41, 5.74) is 2.89. The molecule has 4 rings (SSSR count). The summed E-state index contributed by atoms with van der Waals surface area (Å²) in [6.07, 6.45) is -2.91. The van der Waals surface area contributed by atoms with E-state index < -0.39 is 23.6 Å². The number of aliphatic hydroxyl groups excluding tert-OH is 1. The van der Waals surface area contributed by atoms with Crippen molar-refractivity contribution < 1.29 is 32.1 Å². The summed E-state index contributed by atoms with van der Waals surface area (Å²) in [7, 11) is 2.92. The number of fused-ring (bicyclic) bond motifs is 1. The van der Waals surface area contributed by atoms with Crippen LogP contribution in [0.1, 0.15) is 28.3 Å². The van der Waals surface area contributed by atoms with Gasteiger partial charge in [0, 0.05) is 64.3 Å². The first-order chi connectivity index (χ1) is 18.5. The van der Waals surface area contributed by atoms with Gasteiger partial charge in [0.1, 0.15) is 17.3 Å². The number of methoxy groups -OCH3 is 2. The van der Waals surface area contributed by atoms with Gasteiger partial charge in [-0.25, -0.2) is 4.39 Å². The molecule has 1 heterocycles. The van der Waals surface area contributed by atoms with Gasteiger partial charge in [-0.2, -0.15) is 13.2 Å². The molecule has 206 valence electrons. The number of aromatic amines is 1. The van der Waals surface area contributed by atoms with Crippen molar-refractivity contribution in [1.29, 1.82) is 0 Å². The number of hydrogen-bond donors (Lipinski definition) is 4. The maximum Gasteiger partial charge on any atom is 0.416 e. The highest BCUT2D eigenvalue weighted by Gasteiger charge is 2.32. The number of aliphatic hydroxyl groups is 1. The second kappa shape index (κ2) is 11.3. The Hall–Kier alpha value is -4.18. The Morgan fingerprint density at radius 1 is 1.05 bits per heavy atom. The smallest absolute Gasteiger partial charge is 0.416 e. The molecule has 0 bridgehead atoms. The highest BCUT2D eigenvalue weighted by molar-refractivity contribution is 5.96. The Kier molecular flexibility index (Phi) is 8.06. The van der Waals surface area contributed by atoms with Crippen LogP contribution >= 0.6 is 0 Å². The number of aryl methyl sites for hydroxylation is 1. The van der Waals surface area contributed by atoms with E-state index >= 15 is 0 Å². The number of ether oxygens (including phenoxy) is 2. The Morgan fingerprint density at radius 2 is 1.79 bits per heavy atom. The fraction of sp³-hybridized carbons (Fsp3) is 0.241. The molecule has 0 aliphatic rings. The summed E-state index contributed by atoms with van der Waals surface area (Å²) in [6.45, 7) is 6.10. The third kappa shape index (κ3) is 5.96. The first-order valence-electron chi connectivity index (χ1n) is 12.1. The van der Waals surface area contributed by atoms with Gasteiger partial charge < -0.3 is 30.2 Å². The average Bonchev–Trinajstić information content (AvgIpc) is 3.34. The molecule has 10 heteroatoms. The lowest BCUT2D eigenvalue weighted by molar-refractivity contribution is -0.137. The Labute approximate surface area is 223 Å². The van der Waals surface area contributed by atoms with Crippen LogP contribution in [0.5, 0.6) is 11.5 Å². The molecular formula is C29H29F4N3O3. The second-order valence-electron chi connectivity index (χ2n) is 9.01. The highest BCUT2D eigenvalue weighted by Crippen LogP contribution is 2.42.